The average molecular weight is 514 g/mol. The van der Waals surface area contributed by atoms with E-state index >= 15 is 0 Å². The van der Waals surface area contributed by atoms with Crippen LogP contribution in [0.4, 0.5) is 5.69 Å². The molecule has 2 aliphatic rings. The van der Waals surface area contributed by atoms with E-state index in [-0.39, 0.29) is 30.2 Å². The molecule has 0 fully saturated rings. The molecule has 6 rings (SSSR count). The monoisotopic (exact) mass is 514 g/mol. The molecule has 10 nitrogen and oxygen atoms in total. The lowest BCUT2D eigenvalue weighted by Crippen LogP contribution is -2.24. The summed E-state index contributed by atoms with van der Waals surface area (Å²) < 4.78 is 28.8. The molecule has 0 unspecified atom stereocenters. The zero-order chi connectivity index (χ0) is 26.2. The summed E-state index contributed by atoms with van der Waals surface area (Å²) in [5.41, 5.74) is 0.728. The molecule has 1 aromatic heterocycles. The number of benzene rings is 3. The molecule has 0 aliphatic carbocycles. The summed E-state index contributed by atoms with van der Waals surface area (Å²) in [5, 5.41) is 3.07. The number of amides is 1. The number of nitrogens with one attached hydrogen (secondary N) is 1. The van der Waals surface area contributed by atoms with Gasteiger partial charge in [-0.1, -0.05) is 0 Å². The number of hydrogen-bond donors (Lipinski definition) is 1. The van der Waals surface area contributed by atoms with Gasteiger partial charge in [0.15, 0.2) is 28.8 Å². The summed E-state index contributed by atoms with van der Waals surface area (Å²) in [7, 11) is 1.53. The largest absolute Gasteiger partial charge is 0.497 e. The zero-order valence-corrected chi connectivity index (χ0v) is 20.3. The number of fused-ring (bicyclic) bond motifs is 3. The zero-order valence-electron chi connectivity index (χ0n) is 20.3. The van der Waals surface area contributed by atoms with E-state index in [1.165, 1.54) is 13.3 Å². The number of anilines is 1. The van der Waals surface area contributed by atoms with Gasteiger partial charge in [0.1, 0.15) is 25.5 Å². The van der Waals surface area contributed by atoms with Crippen molar-refractivity contribution in [2.24, 2.45) is 0 Å². The molecule has 10 heteroatoms. The quantitative estimate of drug-likeness (QED) is 0.390. The van der Waals surface area contributed by atoms with Gasteiger partial charge in [-0.05, 0) is 42.5 Å². The highest BCUT2D eigenvalue weighted by atomic mass is 16.7. The number of pyridine rings is 1. The molecule has 0 spiro atoms. The summed E-state index contributed by atoms with van der Waals surface area (Å²) in [6.45, 7) is 0.735. The normalized spacial score (nSPS) is 13.3. The van der Waals surface area contributed by atoms with Crippen LogP contribution in [-0.2, 0) is 11.3 Å². The topological polar surface area (TPSA) is 114 Å². The Morgan fingerprint density at radius 3 is 2.37 bits per heavy atom. The minimum atomic E-state index is -0.474. The Labute approximate surface area is 216 Å². The second-order valence-electron chi connectivity index (χ2n) is 8.69. The van der Waals surface area contributed by atoms with E-state index < -0.39 is 11.2 Å². The van der Waals surface area contributed by atoms with Crippen molar-refractivity contribution in [1.82, 2.24) is 4.57 Å². The van der Waals surface area contributed by atoms with Crippen LogP contribution in [0.5, 0.6) is 28.7 Å². The van der Waals surface area contributed by atoms with Crippen molar-refractivity contribution in [1.29, 1.82) is 0 Å². The van der Waals surface area contributed by atoms with Gasteiger partial charge in [-0.2, -0.15) is 0 Å². The number of ether oxygens (including phenoxy) is 5. The van der Waals surface area contributed by atoms with Crippen molar-refractivity contribution < 1.29 is 33.3 Å². The molecule has 0 atom stereocenters. The Morgan fingerprint density at radius 1 is 0.895 bits per heavy atom. The lowest BCUT2D eigenvalue weighted by molar-refractivity contribution is -0.116. The molecule has 1 amide bonds. The van der Waals surface area contributed by atoms with Crippen LogP contribution in [0, 0.1) is 0 Å². The predicted octanol–water partition coefficient (Wildman–Crippen LogP) is 3.38. The molecular formula is C28H22N2O8. The number of carbonyl (C=O) groups is 2. The van der Waals surface area contributed by atoms with Gasteiger partial charge in [0, 0.05) is 29.6 Å². The van der Waals surface area contributed by atoms with Crippen LogP contribution in [-0.4, -0.2) is 43.4 Å². The van der Waals surface area contributed by atoms with Gasteiger partial charge in [0.2, 0.25) is 18.1 Å². The van der Waals surface area contributed by atoms with Crippen LogP contribution in [0.15, 0.2) is 65.6 Å². The van der Waals surface area contributed by atoms with Gasteiger partial charge in [0.25, 0.3) is 0 Å². The van der Waals surface area contributed by atoms with Gasteiger partial charge in [0.05, 0.1) is 23.6 Å². The third kappa shape index (κ3) is 4.26. The maximum Gasteiger partial charge on any atom is 0.244 e. The number of nitrogens with zero attached hydrogens (tertiary/aromatic N) is 1. The first-order valence-corrected chi connectivity index (χ1v) is 11.9. The maximum absolute atomic E-state index is 13.5. The number of rotatable bonds is 6. The van der Waals surface area contributed by atoms with Gasteiger partial charge >= 0.3 is 0 Å². The number of carbonyl (C=O) groups excluding carboxylic acids is 2. The van der Waals surface area contributed by atoms with Crippen LogP contribution < -0.4 is 34.4 Å². The highest BCUT2D eigenvalue weighted by molar-refractivity contribution is 6.10. The molecule has 0 radical (unpaired) electrons. The summed E-state index contributed by atoms with van der Waals surface area (Å²) >= 11 is 0. The molecule has 3 aromatic carbocycles. The number of aromatic nitrogens is 1. The molecular weight excluding hydrogens is 492 g/mol. The molecule has 0 saturated heterocycles. The molecule has 2 aliphatic heterocycles. The molecule has 4 aromatic rings. The van der Waals surface area contributed by atoms with E-state index in [1.807, 2.05) is 0 Å². The van der Waals surface area contributed by atoms with Crippen molar-refractivity contribution in [3.8, 4) is 28.7 Å². The Kier molecular flexibility index (Phi) is 5.83. The van der Waals surface area contributed by atoms with Gasteiger partial charge in [-0.25, -0.2) is 0 Å². The smallest absolute Gasteiger partial charge is 0.244 e. The van der Waals surface area contributed by atoms with Crippen molar-refractivity contribution in [3.05, 3.63) is 82.1 Å². The van der Waals surface area contributed by atoms with E-state index in [0.29, 0.717) is 58.7 Å². The van der Waals surface area contributed by atoms with Crippen LogP contribution >= 0.6 is 0 Å². The van der Waals surface area contributed by atoms with Gasteiger partial charge in [-0.15, -0.1) is 0 Å². The Bertz CT molecular complexity index is 1640. The summed E-state index contributed by atoms with van der Waals surface area (Å²) in [4.78, 5) is 39.9. The Hall–Kier alpha value is -4.99. The van der Waals surface area contributed by atoms with Crippen LogP contribution in [0.1, 0.15) is 15.9 Å². The van der Waals surface area contributed by atoms with E-state index in [4.69, 9.17) is 23.7 Å². The second-order valence-corrected chi connectivity index (χ2v) is 8.69. The molecule has 0 bridgehead atoms. The molecule has 38 heavy (non-hydrogen) atoms. The minimum Gasteiger partial charge on any atom is -0.497 e. The highest BCUT2D eigenvalue weighted by Crippen LogP contribution is 2.36. The maximum atomic E-state index is 13.5. The minimum absolute atomic E-state index is 0.0160. The fourth-order valence-corrected chi connectivity index (χ4v) is 4.45. The SMILES string of the molecule is COc1ccc(C(=O)c2cn(CC(=O)Nc3ccc4c(c3)OCCO4)c3cc4c(cc3c2=O)OCO4)cc1. The standard InChI is InChI=1S/C28H22N2O8/c1-34-18-5-2-16(3-6-18)27(32)20-13-30(21-12-25-24(37-15-38-25)11-19(21)28(20)33)14-26(31)29-17-4-7-22-23(10-17)36-9-8-35-22/h2-7,10-13H,8-9,14-15H2,1H3,(H,29,31). The number of hydrogen-bond acceptors (Lipinski definition) is 8. The first-order valence-electron chi connectivity index (χ1n) is 11.9. The van der Waals surface area contributed by atoms with Crippen LogP contribution in [0.3, 0.4) is 0 Å². The fraction of sp³-hybridized carbons (Fsp3) is 0.179. The third-order valence-corrected chi connectivity index (χ3v) is 6.31. The highest BCUT2D eigenvalue weighted by Gasteiger charge is 2.23. The fourth-order valence-electron chi connectivity index (χ4n) is 4.45. The summed E-state index contributed by atoms with van der Waals surface area (Å²) in [6.07, 6.45) is 1.41. The van der Waals surface area contributed by atoms with Crippen molar-refractivity contribution in [3.63, 3.8) is 0 Å². The van der Waals surface area contributed by atoms with Crippen molar-refractivity contribution in [2.45, 2.75) is 6.54 Å². The number of methoxy groups -OCH3 is 1. The van der Waals surface area contributed by atoms with Gasteiger partial charge < -0.3 is 33.6 Å². The van der Waals surface area contributed by atoms with Gasteiger partial charge in [-0.3, -0.25) is 14.4 Å². The molecule has 192 valence electrons. The van der Waals surface area contributed by atoms with E-state index in [9.17, 15) is 14.4 Å². The molecule has 1 N–H and O–H groups in total. The van der Waals surface area contributed by atoms with Crippen molar-refractivity contribution in [2.75, 3.05) is 32.4 Å². The lowest BCUT2D eigenvalue weighted by Gasteiger charge is -2.19. The van der Waals surface area contributed by atoms with Crippen molar-refractivity contribution >= 4 is 28.3 Å². The first-order chi connectivity index (χ1) is 18.5. The molecule has 0 saturated carbocycles. The Balaban J connectivity index is 1.37. The second kappa shape index (κ2) is 9.47. The summed E-state index contributed by atoms with van der Waals surface area (Å²) in [6, 6.07) is 14.8. The van der Waals surface area contributed by atoms with E-state index in [1.54, 1.807) is 59.2 Å². The lowest BCUT2D eigenvalue weighted by atomic mass is 10.0. The van der Waals surface area contributed by atoms with E-state index in [0.717, 1.165) is 0 Å². The Morgan fingerprint density at radius 2 is 1.61 bits per heavy atom. The third-order valence-electron chi connectivity index (χ3n) is 6.31. The number of ketones is 1. The average Bonchev–Trinajstić information content (AvgIpc) is 3.41. The van der Waals surface area contributed by atoms with Crippen LogP contribution in [0.25, 0.3) is 10.9 Å². The summed E-state index contributed by atoms with van der Waals surface area (Å²) in [5.74, 6) is 1.75. The predicted molar refractivity (Wildman–Crippen MR) is 137 cm³/mol. The first kappa shape index (κ1) is 23.4. The van der Waals surface area contributed by atoms with Crippen LogP contribution in [0.2, 0.25) is 0 Å². The van der Waals surface area contributed by atoms with E-state index in [2.05, 4.69) is 5.32 Å². The molecule has 3 heterocycles.